The summed E-state index contributed by atoms with van der Waals surface area (Å²) in [7, 11) is -2.93. The Morgan fingerprint density at radius 1 is 0.909 bits per heavy atom. The third kappa shape index (κ3) is 4.70. The van der Waals surface area contributed by atoms with E-state index in [0.717, 1.165) is 44.1 Å². The summed E-state index contributed by atoms with van der Waals surface area (Å²) in [6.07, 6.45) is 0.667. The Bertz CT molecular complexity index is 1210. The highest BCUT2D eigenvalue weighted by Crippen LogP contribution is 2.32. The van der Waals surface area contributed by atoms with Crippen molar-refractivity contribution in [3.8, 4) is 11.1 Å². The van der Waals surface area contributed by atoms with Gasteiger partial charge in [0.25, 0.3) is 0 Å². The first kappa shape index (κ1) is 22.2. The lowest BCUT2D eigenvalue weighted by Crippen LogP contribution is -2.46. The molecule has 0 spiro atoms. The number of anilines is 1. The smallest absolute Gasteiger partial charge is 0.152 e. The van der Waals surface area contributed by atoms with Crippen LogP contribution in [-0.2, 0) is 16.4 Å². The van der Waals surface area contributed by atoms with Crippen molar-refractivity contribution >= 4 is 15.5 Å². The first-order valence-electron chi connectivity index (χ1n) is 11.8. The van der Waals surface area contributed by atoms with Crippen LogP contribution in [0.2, 0.25) is 0 Å². The summed E-state index contributed by atoms with van der Waals surface area (Å²) in [5.74, 6) is 0.488. The number of hydrogen-bond acceptors (Lipinski definition) is 5. The Kier molecular flexibility index (Phi) is 6.01. The monoisotopic (exact) mass is 464 g/mol. The fourth-order valence-electron chi connectivity index (χ4n) is 5.26. The second-order valence-electron chi connectivity index (χ2n) is 9.35. The molecule has 2 saturated heterocycles. The van der Waals surface area contributed by atoms with Gasteiger partial charge in [-0.15, -0.1) is 0 Å². The quantitative estimate of drug-likeness (QED) is 0.574. The normalized spacial score (nSPS) is 20.9. The lowest BCUT2D eigenvalue weighted by molar-refractivity contribution is 0.249. The van der Waals surface area contributed by atoms with E-state index in [-0.39, 0.29) is 17.5 Å². The van der Waals surface area contributed by atoms with E-state index in [4.69, 9.17) is 5.10 Å². The maximum Gasteiger partial charge on any atom is 0.152 e. The van der Waals surface area contributed by atoms with Crippen LogP contribution < -0.4 is 4.90 Å². The molecule has 0 bridgehead atoms. The molecule has 3 heterocycles. The first-order chi connectivity index (χ1) is 15.9. The summed E-state index contributed by atoms with van der Waals surface area (Å²) in [6.45, 7) is 9.01. The van der Waals surface area contributed by atoms with Crippen molar-refractivity contribution in [2.75, 3.05) is 42.6 Å². The van der Waals surface area contributed by atoms with Crippen LogP contribution in [0.5, 0.6) is 0 Å². The molecule has 5 rings (SSSR count). The molecule has 2 aliphatic heterocycles. The third-order valence-corrected chi connectivity index (χ3v) is 8.75. The molecular weight excluding hydrogens is 432 g/mol. The van der Waals surface area contributed by atoms with Gasteiger partial charge in [0.05, 0.1) is 34.6 Å². The van der Waals surface area contributed by atoms with Crippen LogP contribution in [0.15, 0.2) is 54.6 Å². The van der Waals surface area contributed by atoms with Crippen LogP contribution in [0, 0.1) is 13.8 Å². The number of rotatable bonds is 5. The second-order valence-corrected chi connectivity index (χ2v) is 11.6. The number of aromatic nitrogens is 2. The minimum absolute atomic E-state index is 0.0254. The molecular formula is C26H32N4O2S. The molecule has 2 aromatic carbocycles. The Morgan fingerprint density at radius 3 is 2.21 bits per heavy atom. The van der Waals surface area contributed by atoms with Gasteiger partial charge in [-0.05, 0) is 37.0 Å². The minimum atomic E-state index is -2.93. The molecule has 2 fully saturated rings. The fourth-order valence-corrected chi connectivity index (χ4v) is 6.95. The third-order valence-electron chi connectivity index (χ3n) is 7.00. The zero-order valence-electron chi connectivity index (χ0n) is 19.4. The van der Waals surface area contributed by atoms with Crippen molar-refractivity contribution < 1.29 is 8.42 Å². The van der Waals surface area contributed by atoms with Crippen molar-refractivity contribution in [1.82, 2.24) is 14.7 Å². The average Bonchev–Trinajstić information content (AvgIpc) is 3.33. The summed E-state index contributed by atoms with van der Waals surface area (Å²) in [5.41, 5.74) is 7.12. The first-order valence-corrected chi connectivity index (χ1v) is 13.6. The number of benzene rings is 2. The summed E-state index contributed by atoms with van der Waals surface area (Å²) in [6, 6.07) is 19.4. The summed E-state index contributed by atoms with van der Waals surface area (Å²) in [5, 5.41) is 4.75. The molecule has 1 aromatic heterocycles. The van der Waals surface area contributed by atoms with E-state index in [9.17, 15) is 8.42 Å². The van der Waals surface area contributed by atoms with Crippen molar-refractivity contribution in [3.63, 3.8) is 0 Å². The molecule has 6 nitrogen and oxygen atoms in total. The number of hydrogen-bond donors (Lipinski definition) is 0. The van der Waals surface area contributed by atoms with E-state index in [1.807, 2.05) is 17.7 Å². The van der Waals surface area contributed by atoms with Gasteiger partial charge in [-0.1, -0.05) is 54.6 Å². The summed E-state index contributed by atoms with van der Waals surface area (Å²) < 4.78 is 25.8. The lowest BCUT2D eigenvalue weighted by atomic mass is 10.0. The van der Waals surface area contributed by atoms with Gasteiger partial charge in [0.1, 0.15) is 0 Å². The zero-order valence-corrected chi connectivity index (χ0v) is 20.3. The van der Waals surface area contributed by atoms with Crippen LogP contribution in [0.3, 0.4) is 0 Å². The van der Waals surface area contributed by atoms with E-state index in [1.54, 1.807) is 0 Å². The van der Waals surface area contributed by atoms with Crippen LogP contribution >= 0.6 is 0 Å². The summed E-state index contributed by atoms with van der Waals surface area (Å²) >= 11 is 0. The predicted molar refractivity (Wildman–Crippen MR) is 133 cm³/mol. The Morgan fingerprint density at radius 2 is 1.58 bits per heavy atom. The molecule has 0 aliphatic carbocycles. The van der Waals surface area contributed by atoms with Crippen molar-refractivity contribution in [2.24, 2.45) is 0 Å². The van der Waals surface area contributed by atoms with E-state index < -0.39 is 9.84 Å². The van der Waals surface area contributed by atoms with Crippen LogP contribution in [-0.4, -0.2) is 60.8 Å². The molecule has 33 heavy (non-hydrogen) atoms. The maximum absolute atomic E-state index is 11.9. The van der Waals surface area contributed by atoms with Gasteiger partial charge in [0.15, 0.2) is 9.84 Å². The van der Waals surface area contributed by atoms with Crippen LogP contribution in [0.1, 0.15) is 29.4 Å². The molecule has 1 atom stereocenters. The molecule has 0 amide bonds. The van der Waals surface area contributed by atoms with Crippen LogP contribution in [0.25, 0.3) is 11.1 Å². The number of sulfone groups is 1. The Balaban J connectivity index is 1.21. The number of piperazine rings is 1. The fraction of sp³-hybridized carbons (Fsp3) is 0.423. The van der Waals surface area contributed by atoms with Gasteiger partial charge in [0.2, 0.25) is 0 Å². The molecule has 174 valence electrons. The van der Waals surface area contributed by atoms with Gasteiger partial charge in [-0.3, -0.25) is 9.58 Å². The van der Waals surface area contributed by atoms with Gasteiger partial charge in [-0.25, -0.2) is 8.42 Å². The second kappa shape index (κ2) is 8.95. The molecule has 1 unspecified atom stereocenters. The predicted octanol–water partition coefficient (Wildman–Crippen LogP) is 3.85. The zero-order chi connectivity index (χ0) is 23.0. The van der Waals surface area contributed by atoms with Gasteiger partial charge in [-0.2, -0.15) is 5.10 Å². The summed E-state index contributed by atoms with van der Waals surface area (Å²) in [4.78, 5) is 4.93. The standard InChI is InChI=1S/C26H32N4O2S/c1-20-26(21(2)30(27-20)25-12-17-33(31,32)19-25)29-15-13-28(14-16-29)18-22-8-10-24(11-9-22)23-6-4-3-5-7-23/h3-11,25H,12-19H2,1-2H3. The maximum atomic E-state index is 11.9. The van der Waals surface area contributed by atoms with Crippen molar-refractivity contribution in [1.29, 1.82) is 0 Å². The molecule has 7 heteroatoms. The molecule has 0 radical (unpaired) electrons. The molecule has 0 N–H and O–H groups in total. The highest BCUT2D eigenvalue weighted by atomic mass is 32.2. The van der Waals surface area contributed by atoms with E-state index in [0.29, 0.717) is 6.42 Å². The number of nitrogens with zero attached hydrogens (tertiary/aromatic N) is 4. The largest absolute Gasteiger partial charge is 0.366 e. The van der Waals surface area contributed by atoms with Crippen LogP contribution in [0.4, 0.5) is 5.69 Å². The average molecular weight is 465 g/mol. The van der Waals surface area contributed by atoms with Gasteiger partial charge >= 0.3 is 0 Å². The lowest BCUT2D eigenvalue weighted by Gasteiger charge is -2.36. The Hall–Kier alpha value is -2.64. The SMILES string of the molecule is Cc1nn(C2CCS(=O)(=O)C2)c(C)c1N1CCN(Cc2ccc(-c3ccccc3)cc2)CC1. The van der Waals surface area contributed by atoms with E-state index in [2.05, 4.69) is 65.3 Å². The van der Waals surface area contributed by atoms with Gasteiger partial charge < -0.3 is 4.90 Å². The number of aryl methyl sites for hydroxylation is 1. The topological polar surface area (TPSA) is 58.4 Å². The molecule has 2 aliphatic rings. The molecule has 3 aromatic rings. The van der Waals surface area contributed by atoms with Gasteiger partial charge in [0, 0.05) is 32.7 Å². The van der Waals surface area contributed by atoms with E-state index >= 15 is 0 Å². The minimum Gasteiger partial charge on any atom is -0.366 e. The van der Waals surface area contributed by atoms with Crippen molar-refractivity contribution in [3.05, 3.63) is 71.5 Å². The highest BCUT2D eigenvalue weighted by Gasteiger charge is 2.32. The highest BCUT2D eigenvalue weighted by molar-refractivity contribution is 7.91. The van der Waals surface area contributed by atoms with E-state index in [1.165, 1.54) is 22.4 Å². The molecule has 0 saturated carbocycles. The van der Waals surface area contributed by atoms with Crippen molar-refractivity contribution in [2.45, 2.75) is 32.9 Å². The Labute approximate surface area is 196 Å².